The lowest BCUT2D eigenvalue weighted by Gasteiger charge is -2.12. The average Bonchev–Trinajstić information content (AvgIpc) is 3.00. The topological polar surface area (TPSA) is 26.3 Å². The van der Waals surface area contributed by atoms with Gasteiger partial charge in [-0.2, -0.15) is 0 Å². The summed E-state index contributed by atoms with van der Waals surface area (Å²) in [6, 6.07) is 5.47. The van der Waals surface area contributed by atoms with Crippen LogP contribution in [-0.2, 0) is 0 Å². The van der Waals surface area contributed by atoms with Gasteiger partial charge in [0, 0.05) is 6.42 Å². The number of rotatable bonds is 4. The minimum absolute atomic E-state index is 0.0109. The Balaban J connectivity index is 2.17. The molecule has 0 N–H and O–H groups in total. The fourth-order valence-corrected chi connectivity index (χ4v) is 1.60. The number of ketones is 1. The van der Waals surface area contributed by atoms with E-state index in [1.165, 1.54) is 18.2 Å². The molecule has 1 aromatic carbocycles. The first-order valence-corrected chi connectivity index (χ1v) is 5.33. The third kappa shape index (κ3) is 3.47. The summed E-state index contributed by atoms with van der Waals surface area (Å²) in [5.74, 6) is -0.362. The van der Waals surface area contributed by atoms with Crippen LogP contribution in [0.15, 0.2) is 24.3 Å². The van der Waals surface area contributed by atoms with E-state index in [0.717, 1.165) is 18.9 Å². The molecule has 0 radical (unpaired) electrons. The van der Waals surface area contributed by atoms with E-state index < -0.39 is 12.1 Å². The van der Waals surface area contributed by atoms with Gasteiger partial charge in [-0.15, -0.1) is 13.2 Å². The molecule has 1 aromatic rings. The molecule has 0 heterocycles. The minimum atomic E-state index is -4.77. The van der Waals surface area contributed by atoms with Crippen LogP contribution in [0.25, 0.3) is 0 Å². The lowest BCUT2D eigenvalue weighted by Crippen LogP contribution is -2.19. The van der Waals surface area contributed by atoms with Crippen LogP contribution < -0.4 is 4.74 Å². The van der Waals surface area contributed by atoms with Gasteiger partial charge >= 0.3 is 6.36 Å². The van der Waals surface area contributed by atoms with Crippen molar-refractivity contribution in [1.82, 2.24) is 0 Å². The molecule has 92 valence electrons. The van der Waals surface area contributed by atoms with E-state index in [1.54, 1.807) is 0 Å². The van der Waals surface area contributed by atoms with Gasteiger partial charge in [0.2, 0.25) is 0 Å². The summed E-state index contributed by atoms with van der Waals surface area (Å²) in [6.07, 6.45) is -2.50. The molecule has 0 bridgehead atoms. The molecular formula is C12H11F3O2. The third-order valence-electron chi connectivity index (χ3n) is 2.58. The van der Waals surface area contributed by atoms with Gasteiger partial charge < -0.3 is 4.74 Å². The quantitative estimate of drug-likeness (QED) is 0.757. The molecule has 1 fully saturated rings. The number of carbonyl (C=O) groups is 1. The number of ether oxygens (including phenoxy) is 1. The van der Waals surface area contributed by atoms with Crippen molar-refractivity contribution in [2.45, 2.75) is 25.6 Å². The van der Waals surface area contributed by atoms with Crippen molar-refractivity contribution in [1.29, 1.82) is 0 Å². The first kappa shape index (κ1) is 12.0. The Morgan fingerprint density at radius 1 is 1.29 bits per heavy atom. The first-order valence-electron chi connectivity index (χ1n) is 5.33. The Bertz CT molecular complexity index is 422. The number of benzene rings is 1. The van der Waals surface area contributed by atoms with Crippen LogP contribution >= 0.6 is 0 Å². The predicted octanol–water partition coefficient (Wildman–Crippen LogP) is 3.57. The number of hydrogen-bond donors (Lipinski definition) is 0. The number of Topliss-reactive ketones (excluding diaryl/α,β-unsaturated/α-hetero) is 1. The molecule has 2 nitrogen and oxygen atoms in total. The zero-order chi connectivity index (χ0) is 12.5. The van der Waals surface area contributed by atoms with Crippen LogP contribution in [0.2, 0.25) is 0 Å². The highest BCUT2D eigenvalue weighted by molar-refractivity contribution is 5.98. The molecule has 0 spiro atoms. The van der Waals surface area contributed by atoms with Gasteiger partial charge in [0.25, 0.3) is 0 Å². The van der Waals surface area contributed by atoms with Crippen molar-refractivity contribution in [3.63, 3.8) is 0 Å². The van der Waals surface area contributed by atoms with Crippen LogP contribution in [0.1, 0.15) is 29.6 Å². The minimum Gasteiger partial charge on any atom is -0.405 e. The molecule has 0 amide bonds. The molecule has 1 aliphatic rings. The highest BCUT2D eigenvalue weighted by Gasteiger charge is 2.33. The summed E-state index contributed by atoms with van der Waals surface area (Å²) >= 11 is 0. The Hall–Kier alpha value is -1.52. The standard InChI is InChI=1S/C12H11F3O2/c13-12(14,15)17-11-4-2-1-3-9(11)10(16)7-8-5-6-8/h1-4,8H,5-7H2. The van der Waals surface area contributed by atoms with E-state index in [4.69, 9.17) is 0 Å². The van der Waals surface area contributed by atoms with Gasteiger partial charge in [0.1, 0.15) is 5.75 Å². The van der Waals surface area contributed by atoms with Crippen LogP contribution in [0.3, 0.4) is 0 Å². The van der Waals surface area contributed by atoms with E-state index in [9.17, 15) is 18.0 Å². The fraction of sp³-hybridized carbons (Fsp3) is 0.417. The van der Waals surface area contributed by atoms with Crippen LogP contribution in [0, 0.1) is 5.92 Å². The van der Waals surface area contributed by atoms with Gasteiger partial charge in [-0.1, -0.05) is 12.1 Å². The lowest BCUT2D eigenvalue weighted by atomic mass is 10.1. The summed E-state index contributed by atoms with van der Waals surface area (Å²) in [5, 5.41) is 0. The molecule has 1 saturated carbocycles. The van der Waals surface area contributed by atoms with Crippen molar-refractivity contribution in [3.05, 3.63) is 29.8 Å². The Labute approximate surface area is 96.4 Å². The maximum Gasteiger partial charge on any atom is 0.573 e. The van der Waals surface area contributed by atoms with Crippen molar-refractivity contribution < 1.29 is 22.7 Å². The van der Waals surface area contributed by atoms with Crippen molar-refractivity contribution in [2.75, 3.05) is 0 Å². The second kappa shape index (κ2) is 4.39. The SMILES string of the molecule is O=C(CC1CC1)c1ccccc1OC(F)(F)F. The molecule has 5 heteroatoms. The molecule has 0 aromatic heterocycles. The monoisotopic (exact) mass is 244 g/mol. The highest BCUT2D eigenvalue weighted by Crippen LogP contribution is 2.35. The zero-order valence-electron chi connectivity index (χ0n) is 8.96. The molecule has 0 aliphatic heterocycles. The maximum atomic E-state index is 12.1. The molecule has 0 atom stereocenters. The van der Waals surface area contributed by atoms with Gasteiger partial charge in [0.15, 0.2) is 5.78 Å². The van der Waals surface area contributed by atoms with E-state index in [-0.39, 0.29) is 11.3 Å². The van der Waals surface area contributed by atoms with E-state index in [1.807, 2.05) is 0 Å². The Morgan fingerprint density at radius 3 is 2.53 bits per heavy atom. The molecule has 0 unspecified atom stereocenters. The van der Waals surface area contributed by atoms with E-state index >= 15 is 0 Å². The van der Waals surface area contributed by atoms with E-state index in [2.05, 4.69) is 4.74 Å². The maximum absolute atomic E-state index is 12.1. The lowest BCUT2D eigenvalue weighted by molar-refractivity contribution is -0.274. The van der Waals surface area contributed by atoms with Gasteiger partial charge in [-0.3, -0.25) is 4.79 Å². The normalized spacial score (nSPS) is 15.7. The summed E-state index contributed by atoms with van der Waals surface area (Å²) < 4.78 is 40.2. The van der Waals surface area contributed by atoms with Gasteiger partial charge in [-0.05, 0) is 30.9 Å². The smallest absolute Gasteiger partial charge is 0.405 e. The number of para-hydroxylation sites is 1. The van der Waals surface area contributed by atoms with Crippen molar-refractivity contribution in [2.24, 2.45) is 5.92 Å². The Morgan fingerprint density at radius 2 is 1.94 bits per heavy atom. The molecule has 0 saturated heterocycles. The van der Waals surface area contributed by atoms with Gasteiger partial charge in [-0.25, -0.2) is 0 Å². The zero-order valence-corrected chi connectivity index (χ0v) is 8.96. The number of halogens is 3. The largest absolute Gasteiger partial charge is 0.573 e. The van der Waals surface area contributed by atoms with Crippen molar-refractivity contribution in [3.8, 4) is 5.75 Å². The summed E-state index contributed by atoms with van der Waals surface area (Å²) in [5.41, 5.74) is 0.0109. The number of alkyl halides is 3. The second-order valence-electron chi connectivity index (χ2n) is 4.11. The summed E-state index contributed by atoms with van der Waals surface area (Å²) in [4.78, 5) is 11.8. The second-order valence-corrected chi connectivity index (χ2v) is 4.11. The van der Waals surface area contributed by atoms with Gasteiger partial charge in [0.05, 0.1) is 5.56 Å². The molecule has 1 aliphatic carbocycles. The number of hydrogen-bond acceptors (Lipinski definition) is 2. The predicted molar refractivity (Wildman–Crippen MR) is 54.8 cm³/mol. The average molecular weight is 244 g/mol. The molecule has 2 rings (SSSR count). The Kier molecular flexibility index (Phi) is 3.09. The summed E-state index contributed by atoms with van der Waals surface area (Å²) in [6.45, 7) is 0. The molecule has 17 heavy (non-hydrogen) atoms. The first-order chi connectivity index (χ1) is 7.96. The van der Waals surface area contributed by atoms with E-state index in [0.29, 0.717) is 12.3 Å². The highest BCUT2D eigenvalue weighted by atomic mass is 19.4. The van der Waals surface area contributed by atoms with Crippen LogP contribution in [0.5, 0.6) is 5.75 Å². The van der Waals surface area contributed by atoms with Crippen molar-refractivity contribution >= 4 is 5.78 Å². The summed E-state index contributed by atoms with van der Waals surface area (Å²) in [7, 11) is 0. The van der Waals surface area contributed by atoms with Crippen LogP contribution in [-0.4, -0.2) is 12.1 Å². The fourth-order valence-electron chi connectivity index (χ4n) is 1.60. The van der Waals surface area contributed by atoms with Crippen LogP contribution in [0.4, 0.5) is 13.2 Å². The molecular weight excluding hydrogens is 233 g/mol. The third-order valence-corrected chi connectivity index (χ3v) is 2.58. The number of carbonyl (C=O) groups excluding carboxylic acids is 1.